The van der Waals surface area contributed by atoms with E-state index in [2.05, 4.69) is 10.6 Å². The topological polar surface area (TPSA) is 100 Å². The number of aliphatic hydroxyl groups is 1. The SMILES string of the molecule is O=C(C[C@@H]1CC[C@@H]2[C@H](COC[C@@H](O)CN2C(=O)Nc2cccc(Cl)c2)O1)NCC1CCCCC1. The molecule has 3 fully saturated rings. The molecule has 188 valence electrons. The smallest absolute Gasteiger partial charge is 0.322 e. The Morgan fingerprint density at radius 3 is 2.74 bits per heavy atom. The Kier molecular flexibility index (Phi) is 9.05. The van der Waals surface area contributed by atoms with E-state index in [1.165, 1.54) is 32.1 Å². The Morgan fingerprint density at radius 1 is 1.12 bits per heavy atom. The molecule has 0 bridgehead atoms. The van der Waals surface area contributed by atoms with Crippen LogP contribution in [0.1, 0.15) is 51.4 Å². The van der Waals surface area contributed by atoms with Crippen LogP contribution in [0.3, 0.4) is 0 Å². The standard InChI is InChI=1S/C25H36ClN3O5/c26-18-7-4-8-19(11-18)28-25(32)29-14-20(30)15-33-16-23-22(29)10-9-21(34-23)12-24(31)27-13-17-5-2-1-3-6-17/h4,7-8,11,17,20-23,30H,1-3,5-6,9-10,12-16H2,(H,27,31)(H,28,32)/t20-,21-,22+,23-/m0/s1. The van der Waals surface area contributed by atoms with E-state index in [1.807, 2.05) is 0 Å². The van der Waals surface area contributed by atoms with Gasteiger partial charge in [0.2, 0.25) is 5.91 Å². The number of nitrogens with one attached hydrogen (secondary N) is 2. The van der Waals surface area contributed by atoms with E-state index in [0.29, 0.717) is 35.9 Å². The summed E-state index contributed by atoms with van der Waals surface area (Å²) in [6, 6.07) is 6.39. The molecule has 34 heavy (non-hydrogen) atoms. The number of aliphatic hydroxyl groups excluding tert-OH is 1. The van der Waals surface area contributed by atoms with Gasteiger partial charge in [-0.15, -0.1) is 0 Å². The van der Waals surface area contributed by atoms with Gasteiger partial charge in [-0.25, -0.2) is 4.79 Å². The summed E-state index contributed by atoms with van der Waals surface area (Å²) in [5.74, 6) is 0.609. The fraction of sp³-hybridized carbons (Fsp3) is 0.680. The summed E-state index contributed by atoms with van der Waals surface area (Å²) in [4.78, 5) is 27.3. The number of carbonyl (C=O) groups excluding carboxylic acids is 2. The van der Waals surface area contributed by atoms with Crippen LogP contribution in [-0.4, -0.2) is 72.6 Å². The first-order valence-corrected chi connectivity index (χ1v) is 12.9. The van der Waals surface area contributed by atoms with Gasteiger partial charge in [-0.05, 0) is 49.8 Å². The molecule has 4 atom stereocenters. The van der Waals surface area contributed by atoms with Gasteiger partial charge in [0.25, 0.3) is 0 Å². The first-order valence-electron chi connectivity index (χ1n) is 12.5. The van der Waals surface area contributed by atoms with E-state index in [-0.39, 0.29) is 49.9 Å². The lowest BCUT2D eigenvalue weighted by Crippen LogP contribution is -2.58. The molecule has 9 heteroatoms. The Labute approximate surface area is 206 Å². The van der Waals surface area contributed by atoms with Gasteiger partial charge >= 0.3 is 6.03 Å². The minimum atomic E-state index is -0.783. The van der Waals surface area contributed by atoms with E-state index < -0.39 is 6.10 Å². The molecule has 2 heterocycles. The van der Waals surface area contributed by atoms with Crippen LogP contribution in [0.2, 0.25) is 5.02 Å². The van der Waals surface area contributed by atoms with Crippen molar-refractivity contribution in [1.29, 1.82) is 0 Å². The van der Waals surface area contributed by atoms with Crippen LogP contribution >= 0.6 is 11.6 Å². The largest absolute Gasteiger partial charge is 0.389 e. The number of carbonyl (C=O) groups is 2. The van der Waals surface area contributed by atoms with Gasteiger partial charge in [0, 0.05) is 17.3 Å². The molecule has 3 aliphatic rings. The Balaban J connectivity index is 1.33. The number of halogens is 1. The highest BCUT2D eigenvalue weighted by Gasteiger charge is 2.40. The number of anilines is 1. The molecule has 8 nitrogen and oxygen atoms in total. The first kappa shape index (κ1) is 25.2. The molecule has 1 saturated carbocycles. The highest BCUT2D eigenvalue weighted by molar-refractivity contribution is 6.30. The number of urea groups is 1. The molecule has 2 aliphatic heterocycles. The van der Waals surface area contributed by atoms with Crippen molar-refractivity contribution in [1.82, 2.24) is 10.2 Å². The fourth-order valence-corrected chi connectivity index (χ4v) is 5.45. The van der Waals surface area contributed by atoms with Crippen molar-refractivity contribution in [2.24, 2.45) is 5.92 Å². The lowest BCUT2D eigenvalue weighted by Gasteiger charge is -2.44. The van der Waals surface area contributed by atoms with E-state index in [4.69, 9.17) is 21.1 Å². The number of hydrogen-bond acceptors (Lipinski definition) is 5. The monoisotopic (exact) mass is 493 g/mol. The summed E-state index contributed by atoms with van der Waals surface area (Å²) >= 11 is 6.05. The van der Waals surface area contributed by atoms with E-state index in [9.17, 15) is 14.7 Å². The lowest BCUT2D eigenvalue weighted by molar-refractivity contribution is -0.149. The summed E-state index contributed by atoms with van der Waals surface area (Å²) in [5.41, 5.74) is 0.589. The van der Waals surface area contributed by atoms with Crippen molar-refractivity contribution < 1.29 is 24.2 Å². The molecule has 2 saturated heterocycles. The number of hydrogen-bond donors (Lipinski definition) is 3. The van der Waals surface area contributed by atoms with E-state index in [1.54, 1.807) is 29.2 Å². The summed E-state index contributed by atoms with van der Waals surface area (Å²) < 4.78 is 11.9. The Hall–Kier alpha value is -1.87. The second-order valence-electron chi connectivity index (χ2n) is 9.74. The zero-order chi connectivity index (χ0) is 23.9. The summed E-state index contributed by atoms with van der Waals surface area (Å²) in [6.07, 6.45) is 6.50. The van der Waals surface area contributed by atoms with Crippen LogP contribution in [0.5, 0.6) is 0 Å². The number of rotatable bonds is 5. The van der Waals surface area contributed by atoms with Gasteiger partial charge in [-0.2, -0.15) is 0 Å². The van der Waals surface area contributed by atoms with E-state index in [0.717, 1.165) is 6.54 Å². The quantitative estimate of drug-likeness (QED) is 0.582. The molecule has 3 amide bonds. The maximum atomic E-state index is 13.1. The minimum absolute atomic E-state index is 0.0202. The first-order chi connectivity index (χ1) is 16.5. The second kappa shape index (κ2) is 12.2. The molecule has 0 aromatic heterocycles. The Morgan fingerprint density at radius 2 is 1.94 bits per heavy atom. The number of ether oxygens (including phenoxy) is 2. The molecule has 1 aromatic rings. The second-order valence-corrected chi connectivity index (χ2v) is 10.2. The molecule has 4 rings (SSSR count). The van der Waals surface area contributed by atoms with Crippen molar-refractivity contribution in [3.05, 3.63) is 29.3 Å². The summed E-state index contributed by atoms with van der Waals surface area (Å²) in [7, 11) is 0. The van der Waals surface area contributed by atoms with Gasteiger partial charge < -0.3 is 30.1 Å². The molecular weight excluding hydrogens is 458 g/mol. The average Bonchev–Trinajstić information content (AvgIpc) is 2.81. The number of β-amino-alcohol motifs (C(OH)–C–C–N with tert-alkyl or cyclic N) is 1. The third-order valence-electron chi connectivity index (χ3n) is 7.04. The van der Waals surface area contributed by atoms with Crippen LogP contribution in [-0.2, 0) is 14.3 Å². The maximum absolute atomic E-state index is 13.1. The van der Waals surface area contributed by atoms with Crippen molar-refractivity contribution in [2.45, 2.75) is 75.7 Å². The van der Waals surface area contributed by atoms with Crippen LogP contribution in [0, 0.1) is 5.92 Å². The van der Waals surface area contributed by atoms with Gasteiger partial charge in [0.1, 0.15) is 6.10 Å². The highest BCUT2D eigenvalue weighted by atomic mass is 35.5. The summed E-state index contributed by atoms with van der Waals surface area (Å²) in [6.45, 7) is 1.28. The minimum Gasteiger partial charge on any atom is -0.389 e. The van der Waals surface area contributed by atoms with E-state index >= 15 is 0 Å². The van der Waals surface area contributed by atoms with Crippen LogP contribution in [0.15, 0.2) is 24.3 Å². The third kappa shape index (κ3) is 7.07. The van der Waals surface area contributed by atoms with Gasteiger partial charge in [-0.3, -0.25) is 4.79 Å². The maximum Gasteiger partial charge on any atom is 0.322 e. The molecule has 1 aliphatic carbocycles. The van der Waals surface area contributed by atoms with Gasteiger partial charge in [-0.1, -0.05) is 36.9 Å². The zero-order valence-corrected chi connectivity index (χ0v) is 20.3. The van der Waals surface area contributed by atoms with Crippen molar-refractivity contribution in [2.75, 3.05) is 31.6 Å². The normalized spacial score (nSPS) is 28.4. The molecule has 0 spiro atoms. The van der Waals surface area contributed by atoms with Gasteiger partial charge in [0.05, 0.1) is 44.4 Å². The van der Waals surface area contributed by atoms with Crippen molar-refractivity contribution in [3.63, 3.8) is 0 Å². The molecule has 3 N–H and O–H groups in total. The lowest BCUT2D eigenvalue weighted by atomic mass is 9.89. The highest BCUT2D eigenvalue weighted by Crippen LogP contribution is 2.29. The molecule has 1 aromatic carbocycles. The zero-order valence-electron chi connectivity index (χ0n) is 19.6. The van der Waals surface area contributed by atoms with Crippen LogP contribution in [0.25, 0.3) is 0 Å². The van der Waals surface area contributed by atoms with Crippen molar-refractivity contribution in [3.8, 4) is 0 Å². The van der Waals surface area contributed by atoms with Crippen LogP contribution in [0.4, 0.5) is 10.5 Å². The predicted octanol–water partition coefficient (Wildman–Crippen LogP) is 3.57. The van der Waals surface area contributed by atoms with Crippen LogP contribution < -0.4 is 10.6 Å². The predicted molar refractivity (Wildman–Crippen MR) is 130 cm³/mol. The number of amides is 3. The number of benzene rings is 1. The molecule has 0 unspecified atom stereocenters. The number of nitrogens with zero attached hydrogens (tertiary/aromatic N) is 1. The number of fused-ring (bicyclic) bond motifs is 1. The fourth-order valence-electron chi connectivity index (χ4n) is 5.26. The van der Waals surface area contributed by atoms with Crippen molar-refractivity contribution >= 4 is 29.2 Å². The third-order valence-corrected chi connectivity index (χ3v) is 7.28. The average molecular weight is 494 g/mol. The molecular formula is C25H36ClN3O5. The molecule has 0 radical (unpaired) electrons. The Bertz CT molecular complexity index is 835. The van der Waals surface area contributed by atoms with Gasteiger partial charge in [0.15, 0.2) is 0 Å². The summed E-state index contributed by atoms with van der Waals surface area (Å²) in [5, 5.41) is 16.8.